The number of halogens is 2. The zero-order chi connectivity index (χ0) is 14.7. The second-order valence-electron chi connectivity index (χ2n) is 4.16. The van der Waals surface area contributed by atoms with Gasteiger partial charge in [0.05, 0.1) is 23.2 Å². The summed E-state index contributed by atoms with van der Waals surface area (Å²) in [7, 11) is 1.54. The van der Waals surface area contributed by atoms with Crippen LogP contribution in [0.5, 0.6) is 0 Å². The molecule has 0 fully saturated rings. The number of methoxy groups -OCH3 is 1. The van der Waals surface area contributed by atoms with Gasteiger partial charge in [-0.25, -0.2) is 4.68 Å². The number of aromatic nitrogens is 2. The minimum atomic E-state index is 0.238. The van der Waals surface area contributed by atoms with Gasteiger partial charge in [0.25, 0.3) is 0 Å². The highest BCUT2D eigenvalue weighted by Crippen LogP contribution is 2.24. The van der Waals surface area contributed by atoms with E-state index in [0.717, 1.165) is 5.56 Å². The Morgan fingerprint density at radius 3 is 2.75 bits per heavy atom. The summed E-state index contributed by atoms with van der Waals surface area (Å²) in [5.41, 5.74) is 7.68. The second-order valence-corrected chi connectivity index (χ2v) is 4.97. The van der Waals surface area contributed by atoms with Crippen LogP contribution in [0.15, 0.2) is 18.2 Å². The highest BCUT2D eigenvalue weighted by Gasteiger charge is 2.15. The Bertz CT molecular complexity index is 676. The molecule has 7 heteroatoms. The quantitative estimate of drug-likeness (QED) is 0.942. The molecule has 0 saturated carbocycles. The lowest BCUT2D eigenvalue weighted by Crippen LogP contribution is -2.06. The smallest absolute Gasteiger partial charge is 0.140 e. The molecule has 1 aromatic heterocycles. The lowest BCUT2D eigenvalue weighted by atomic mass is 10.2. The maximum atomic E-state index is 9.11. The van der Waals surface area contributed by atoms with E-state index in [-0.39, 0.29) is 6.61 Å². The van der Waals surface area contributed by atoms with Gasteiger partial charge in [-0.3, -0.25) is 0 Å². The first kappa shape index (κ1) is 14.7. The average Bonchev–Trinajstić information content (AvgIpc) is 2.70. The largest absolute Gasteiger partial charge is 0.383 e. The monoisotopic (exact) mass is 310 g/mol. The fourth-order valence-electron chi connectivity index (χ4n) is 1.82. The summed E-state index contributed by atoms with van der Waals surface area (Å²) in [6.45, 7) is 0.641. The fraction of sp³-hybridized carbons (Fsp3) is 0.231. The van der Waals surface area contributed by atoms with E-state index in [2.05, 4.69) is 5.10 Å². The van der Waals surface area contributed by atoms with E-state index in [1.165, 1.54) is 7.11 Å². The third kappa shape index (κ3) is 2.88. The van der Waals surface area contributed by atoms with Crippen LogP contribution >= 0.6 is 23.2 Å². The first-order chi connectivity index (χ1) is 9.56. The number of hydrogen-bond donors (Lipinski definition) is 1. The van der Waals surface area contributed by atoms with Crippen LogP contribution in [0.25, 0.3) is 0 Å². The number of nitrogens with two attached hydrogens (primary N) is 1. The number of hydrogen-bond acceptors (Lipinski definition) is 4. The van der Waals surface area contributed by atoms with Gasteiger partial charge in [0.15, 0.2) is 0 Å². The molecule has 0 aliphatic carbocycles. The summed E-state index contributed by atoms with van der Waals surface area (Å²) in [6.07, 6.45) is 0. The second kappa shape index (κ2) is 6.14. The number of ether oxygens (including phenoxy) is 1. The molecule has 0 aliphatic heterocycles. The molecule has 2 rings (SSSR count). The lowest BCUT2D eigenvalue weighted by molar-refractivity contribution is 0.180. The van der Waals surface area contributed by atoms with Gasteiger partial charge in [0, 0.05) is 7.11 Å². The molecule has 1 heterocycles. The zero-order valence-electron chi connectivity index (χ0n) is 10.7. The Morgan fingerprint density at radius 2 is 2.15 bits per heavy atom. The maximum Gasteiger partial charge on any atom is 0.140 e. The van der Waals surface area contributed by atoms with Gasteiger partial charge in [-0.2, -0.15) is 10.4 Å². The van der Waals surface area contributed by atoms with Crippen LogP contribution in [0.3, 0.4) is 0 Å². The third-order valence-electron chi connectivity index (χ3n) is 2.77. The van der Waals surface area contributed by atoms with Crippen molar-refractivity contribution in [2.45, 2.75) is 13.2 Å². The molecule has 2 N–H and O–H groups in total. The molecule has 0 saturated heterocycles. The van der Waals surface area contributed by atoms with Crippen molar-refractivity contribution in [2.75, 3.05) is 12.8 Å². The Labute approximate surface area is 126 Å². The third-order valence-corrected chi connectivity index (χ3v) is 3.51. The van der Waals surface area contributed by atoms with Gasteiger partial charge >= 0.3 is 0 Å². The Kier molecular flexibility index (Phi) is 4.50. The van der Waals surface area contributed by atoms with Crippen LogP contribution in [0.4, 0.5) is 5.82 Å². The molecule has 104 valence electrons. The van der Waals surface area contributed by atoms with Gasteiger partial charge in [-0.15, -0.1) is 0 Å². The molecule has 0 unspecified atom stereocenters. The van der Waals surface area contributed by atoms with Gasteiger partial charge in [0.1, 0.15) is 23.1 Å². The van der Waals surface area contributed by atoms with E-state index < -0.39 is 0 Å². The Balaban J connectivity index is 2.34. The molecule has 0 radical (unpaired) electrons. The summed E-state index contributed by atoms with van der Waals surface area (Å²) in [6, 6.07) is 7.32. The fourth-order valence-corrected chi connectivity index (χ4v) is 2.14. The van der Waals surface area contributed by atoms with Gasteiger partial charge in [0.2, 0.25) is 0 Å². The van der Waals surface area contributed by atoms with Crippen LogP contribution in [-0.2, 0) is 17.9 Å². The molecule has 0 aliphatic rings. The summed E-state index contributed by atoms with van der Waals surface area (Å²) in [5, 5.41) is 14.3. The van der Waals surface area contributed by atoms with Crippen LogP contribution < -0.4 is 5.73 Å². The molecule has 5 nitrogen and oxygen atoms in total. The van der Waals surface area contributed by atoms with Gasteiger partial charge in [-0.1, -0.05) is 29.3 Å². The first-order valence-electron chi connectivity index (χ1n) is 5.75. The minimum absolute atomic E-state index is 0.238. The van der Waals surface area contributed by atoms with Gasteiger partial charge < -0.3 is 10.5 Å². The van der Waals surface area contributed by atoms with Gasteiger partial charge in [-0.05, 0) is 17.7 Å². The summed E-state index contributed by atoms with van der Waals surface area (Å²) >= 11 is 11.8. The SMILES string of the molecule is COCc1nn(Cc2ccc(Cl)c(Cl)c2)c(N)c1C#N. The Hall–Kier alpha value is -1.74. The molecule has 20 heavy (non-hydrogen) atoms. The standard InChI is InChI=1S/C13H12Cl2N4O/c1-20-7-12-9(5-16)13(17)19(18-12)6-8-2-3-10(14)11(15)4-8/h2-4H,6-7,17H2,1H3. The molecular formula is C13H12Cl2N4O. The number of nitrogens with zero attached hydrogens (tertiary/aromatic N) is 3. The van der Waals surface area contributed by atoms with Crippen LogP contribution in [-0.4, -0.2) is 16.9 Å². The van der Waals surface area contributed by atoms with Crippen molar-refractivity contribution >= 4 is 29.0 Å². The van der Waals surface area contributed by atoms with Crippen molar-refractivity contribution < 1.29 is 4.74 Å². The number of nitrogen functional groups attached to an aromatic ring is 1. The normalized spacial score (nSPS) is 10.5. The van der Waals surface area contributed by atoms with Crippen molar-refractivity contribution in [3.63, 3.8) is 0 Å². The van der Waals surface area contributed by atoms with E-state index >= 15 is 0 Å². The maximum absolute atomic E-state index is 9.11. The van der Waals surface area contributed by atoms with Crippen molar-refractivity contribution in [3.05, 3.63) is 45.1 Å². The molecule has 1 aromatic carbocycles. The minimum Gasteiger partial charge on any atom is -0.383 e. The average molecular weight is 311 g/mol. The van der Waals surface area contributed by atoms with E-state index in [1.807, 2.05) is 12.1 Å². The number of rotatable bonds is 4. The predicted molar refractivity (Wildman–Crippen MR) is 77.6 cm³/mol. The van der Waals surface area contributed by atoms with E-state index in [0.29, 0.717) is 33.7 Å². The van der Waals surface area contributed by atoms with Crippen molar-refractivity contribution in [1.82, 2.24) is 9.78 Å². The van der Waals surface area contributed by atoms with Crippen LogP contribution in [0.1, 0.15) is 16.8 Å². The van der Waals surface area contributed by atoms with Crippen LogP contribution in [0, 0.1) is 11.3 Å². The zero-order valence-corrected chi connectivity index (χ0v) is 12.2. The summed E-state index contributed by atoms with van der Waals surface area (Å²) in [5.74, 6) is 0.311. The van der Waals surface area contributed by atoms with Crippen molar-refractivity contribution in [1.29, 1.82) is 5.26 Å². The number of benzene rings is 1. The van der Waals surface area contributed by atoms with E-state index in [1.54, 1.807) is 16.8 Å². The molecule has 0 amide bonds. The highest BCUT2D eigenvalue weighted by molar-refractivity contribution is 6.42. The topological polar surface area (TPSA) is 76.9 Å². The van der Waals surface area contributed by atoms with Crippen LogP contribution in [0.2, 0.25) is 10.0 Å². The molecule has 0 spiro atoms. The van der Waals surface area contributed by atoms with E-state index in [9.17, 15) is 0 Å². The first-order valence-corrected chi connectivity index (χ1v) is 6.50. The lowest BCUT2D eigenvalue weighted by Gasteiger charge is -2.05. The predicted octanol–water partition coefficient (Wildman–Crippen LogP) is 2.84. The number of anilines is 1. The molecule has 0 atom stereocenters. The van der Waals surface area contributed by atoms with Crippen molar-refractivity contribution in [3.8, 4) is 6.07 Å². The molecule has 0 bridgehead atoms. The van der Waals surface area contributed by atoms with Crippen molar-refractivity contribution in [2.24, 2.45) is 0 Å². The molecule has 2 aromatic rings. The summed E-state index contributed by atoms with van der Waals surface area (Å²) in [4.78, 5) is 0. The molecular weight excluding hydrogens is 299 g/mol. The Morgan fingerprint density at radius 1 is 1.40 bits per heavy atom. The number of nitriles is 1. The highest BCUT2D eigenvalue weighted by atomic mass is 35.5. The summed E-state index contributed by atoms with van der Waals surface area (Å²) < 4.78 is 6.55. The van der Waals surface area contributed by atoms with E-state index in [4.69, 9.17) is 38.9 Å².